The average Bonchev–Trinajstić information content (AvgIpc) is 2.81. The van der Waals surface area contributed by atoms with Gasteiger partial charge in [-0.15, -0.1) is 17.0 Å². The number of nitrogens with two attached hydrogens (primary N) is 2. The Kier molecular flexibility index (Phi) is 11.8. The van der Waals surface area contributed by atoms with Crippen LogP contribution in [0, 0.1) is 0 Å². The van der Waals surface area contributed by atoms with Crippen LogP contribution in [0.1, 0.15) is 45.6 Å². The molecule has 0 aliphatic carbocycles. The second-order valence-electron chi connectivity index (χ2n) is 8.65. The van der Waals surface area contributed by atoms with Gasteiger partial charge in [-0.05, 0) is 56.2 Å². The first-order valence-corrected chi connectivity index (χ1v) is 12.1. The van der Waals surface area contributed by atoms with E-state index in [-0.39, 0.29) is 28.9 Å². The molecule has 1 aliphatic heterocycles. The number of benzene rings is 2. The van der Waals surface area contributed by atoms with Crippen LogP contribution in [-0.4, -0.2) is 49.1 Å². The van der Waals surface area contributed by atoms with E-state index in [1.807, 2.05) is 56.3 Å². The Morgan fingerprint density at radius 3 is 2.22 bits per heavy atom. The van der Waals surface area contributed by atoms with Crippen molar-refractivity contribution in [2.75, 3.05) is 26.4 Å². The molecule has 36 heavy (non-hydrogen) atoms. The van der Waals surface area contributed by atoms with Crippen molar-refractivity contribution < 1.29 is 19.0 Å². The Morgan fingerprint density at radius 2 is 1.53 bits per heavy atom. The summed E-state index contributed by atoms with van der Waals surface area (Å²) in [5.41, 5.74) is 12.0. The first-order valence-electron chi connectivity index (χ1n) is 12.1. The van der Waals surface area contributed by atoms with Gasteiger partial charge in [0.05, 0.1) is 26.4 Å². The highest BCUT2D eigenvalue weighted by Gasteiger charge is 2.32. The third-order valence-electron chi connectivity index (χ3n) is 5.21. The molecule has 0 amide bonds. The second-order valence-corrected chi connectivity index (χ2v) is 8.65. The summed E-state index contributed by atoms with van der Waals surface area (Å²) < 4.78 is 17.7. The maximum atomic E-state index is 6.04. The van der Waals surface area contributed by atoms with Gasteiger partial charge in [-0.3, -0.25) is 4.84 Å². The van der Waals surface area contributed by atoms with Crippen LogP contribution in [0.3, 0.4) is 0 Å². The highest BCUT2D eigenvalue weighted by molar-refractivity contribution is 8.93. The summed E-state index contributed by atoms with van der Waals surface area (Å²) in [5, 5.41) is 1.48. The second kappa shape index (κ2) is 14.5. The Balaban J connectivity index is 0.00000456. The van der Waals surface area contributed by atoms with Gasteiger partial charge >= 0.3 is 0 Å². The Hall–Kier alpha value is -2.98. The highest BCUT2D eigenvalue weighted by Crippen LogP contribution is 2.26. The SMILES string of the molecule is Br.CCCc1cc(OCCCOc2ccccc2)ccc1OCCCON1C(N)=NC(N)=NC1(C)C. The zero-order valence-electron chi connectivity index (χ0n) is 21.3. The number of aliphatic imine (C=N–C) groups is 2. The van der Waals surface area contributed by atoms with E-state index in [4.69, 9.17) is 30.5 Å². The van der Waals surface area contributed by atoms with E-state index in [2.05, 4.69) is 23.0 Å². The summed E-state index contributed by atoms with van der Waals surface area (Å²) in [4.78, 5) is 14.0. The van der Waals surface area contributed by atoms with Crippen LogP contribution in [0.15, 0.2) is 58.5 Å². The van der Waals surface area contributed by atoms with Gasteiger partial charge in [-0.2, -0.15) is 10.1 Å². The molecule has 0 bridgehead atoms. The van der Waals surface area contributed by atoms with E-state index in [9.17, 15) is 0 Å². The molecule has 0 radical (unpaired) electrons. The maximum absolute atomic E-state index is 6.04. The van der Waals surface area contributed by atoms with Crippen molar-refractivity contribution in [3.05, 3.63) is 54.1 Å². The van der Waals surface area contributed by atoms with E-state index in [1.54, 1.807) is 0 Å². The molecular weight excluding hydrogens is 526 g/mol. The lowest BCUT2D eigenvalue weighted by atomic mass is 10.1. The number of ether oxygens (including phenoxy) is 3. The predicted molar refractivity (Wildman–Crippen MR) is 148 cm³/mol. The van der Waals surface area contributed by atoms with Gasteiger partial charge in [0.2, 0.25) is 11.9 Å². The zero-order valence-corrected chi connectivity index (χ0v) is 23.0. The van der Waals surface area contributed by atoms with Crippen molar-refractivity contribution in [3.8, 4) is 17.2 Å². The molecule has 0 saturated carbocycles. The fourth-order valence-corrected chi connectivity index (χ4v) is 3.62. The summed E-state index contributed by atoms with van der Waals surface area (Å²) in [7, 11) is 0. The molecule has 9 nitrogen and oxygen atoms in total. The third kappa shape index (κ3) is 8.91. The summed E-state index contributed by atoms with van der Waals surface area (Å²) in [6.45, 7) is 7.97. The molecule has 0 atom stereocenters. The fraction of sp³-hybridized carbons (Fsp3) is 0.462. The number of aryl methyl sites for hydroxylation is 1. The smallest absolute Gasteiger partial charge is 0.226 e. The van der Waals surface area contributed by atoms with E-state index in [0.29, 0.717) is 32.8 Å². The molecule has 0 saturated heterocycles. The molecule has 1 heterocycles. The van der Waals surface area contributed by atoms with Crippen molar-refractivity contribution in [1.29, 1.82) is 0 Å². The van der Waals surface area contributed by atoms with Gasteiger partial charge in [0, 0.05) is 12.8 Å². The first kappa shape index (κ1) is 29.3. The van der Waals surface area contributed by atoms with Crippen LogP contribution >= 0.6 is 17.0 Å². The van der Waals surface area contributed by atoms with Crippen molar-refractivity contribution in [3.63, 3.8) is 0 Å². The Bertz CT molecular complexity index is 1000. The number of halogens is 1. The molecule has 1 aliphatic rings. The van der Waals surface area contributed by atoms with Crippen molar-refractivity contribution in [2.24, 2.45) is 21.5 Å². The summed E-state index contributed by atoms with van der Waals surface area (Å²) >= 11 is 0. The van der Waals surface area contributed by atoms with E-state index >= 15 is 0 Å². The van der Waals surface area contributed by atoms with Crippen molar-refractivity contribution in [2.45, 2.75) is 52.1 Å². The number of rotatable bonds is 14. The number of hydrogen-bond acceptors (Lipinski definition) is 9. The highest BCUT2D eigenvalue weighted by atomic mass is 79.9. The minimum absolute atomic E-state index is 0. The first-order chi connectivity index (χ1) is 16.9. The number of hydroxylamine groups is 2. The summed E-state index contributed by atoms with van der Waals surface area (Å²) in [6.07, 6.45) is 3.40. The minimum Gasteiger partial charge on any atom is -0.493 e. The average molecular weight is 565 g/mol. The van der Waals surface area contributed by atoms with Gasteiger partial charge < -0.3 is 25.7 Å². The largest absolute Gasteiger partial charge is 0.493 e. The molecule has 3 rings (SSSR count). The van der Waals surface area contributed by atoms with E-state index < -0.39 is 5.66 Å². The lowest BCUT2D eigenvalue weighted by Gasteiger charge is -2.36. The molecule has 10 heteroatoms. The van der Waals surface area contributed by atoms with E-state index in [1.165, 1.54) is 5.06 Å². The quantitative estimate of drug-likeness (QED) is 0.326. The third-order valence-corrected chi connectivity index (χ3v) is 5.21. The monoisotopic (exact) mass is 563 g/mol. The molecule has 0 aromatic heterocycles. The number of para-hydroxylation sites is 1. The topological polar surface area (TPSA) is 117 Å². The van der Waals surface area contributed by atoms with Gasteiger partial charge in [0.1, 0.15) is 17.2 Å². The van der Waals surface area contributed by atoms with Crippen LogP contribution in [0.5, 0.6) is 17.2 Å². The molecule has 0 fully saturated rings. The number of hydrogen-bond donors (Lipinski definition) is 2. The summed E-state index contributed by atoms with van der Waals surface area (Å²) in [6, 6.07) is 15.8. The lowest BCUT2D eigenvalue weighted by molar-refractivity contribution is -0.158. The van der Waals surface area contributed by atoms with Crippen LogP contribution in [0.25, 0.3) is 0 Å². The molecule has 4 N–H and O–H groups in total. The lowest BCUT2D eigenvalue weighted by Crippen LogP contribution is -2.53. The molecule has 2 aromatic rings. The number of nitrogens with zero attached hydrogens (tertiary/aromatic N) is 3. The summed E-state index contributed by atoms with van der Waals surface area (Å²) in [5.74, 6) is 2.91. The van der Waals surface area contributed by atoms with Crippen molar-refractivity contribution >= 4 is 28.9 Å². The van der Waals surface area contributed by atoms with Gasteiger partial charge in [0.15, 0.2) is 5.66 Å². The standard InChI is InChI=1S/C26H37N5O4.BrH/c1-4-10-20-19-22(33-16-8-15-32-21-11-6-5-7-12-21)13-14-23(20)34-17-9-18-35-31-25(28)29-24(27)30-26(31,2)3;/h5-7,11-14,19H,4,8-10,15-18H2,1-3H3,(H4,27,28,29,30);1H. The molecular formula is C26H38BrN5O4. The van der Waals surface area contributed by atoms with Crippen molar-refractivity contribution in [1.82, 2.24) is 5.06 Å². The van der Waals surface area contributed by atoms with Crippen LogP contribution < -0.4 is 25.7 Å². The van der Waals surface area contributed by atoms with Crippen LogP contribution in [0.2, 0.25) is 0 Å². The van der Waals surface area contributed by atoms with Gasteiger partial charge in [0.25, 0.3) is 0 Å². The zero-order chi connectivity index (χ0) is 25.1. The van der Waals surface area contributed by atoms with Gasteiger partial charge in [-0.1, -0.05) is 31.5 Å². The normalized spacial score (nSPS) is 14.4. The molecule has 198 valence electrons. The van der Waals surface area contributed by atoms with Crippen LogP contribution in [-0.2, 0) is 11.3 Å². The minimum atomic E-state index is -0.714. The molecule has 2 aromatic carbocycles. The Labute approximate surface area is 224 Å². The predicted octanol–water partition coefficient (Wildman–Crippen LogP) is 4.45. The van der Waals surface area contributed by atoms with E-state index in [0.717, 1.165) is 42.1 Å². The molecule has 0 unspecified atom stereocenters. The fourth-order valence-electron chi connectivity index (χ4n) is 3.62. The Morgan fingerprint density at radius 1 is 0.861 bits per heavy atom. The van der Waals surface area contributed by atoms with Gasteiger partial charge in [-0.25, -0.2) is 4.99 Å². The maximum Gasteiger partial charge on any atom is 0.226 e. The van der Waals surface area contributed by atoms with Crippen LogP contribution in [0.4, 0.5) is 0 Å². The number of guanidine groups is 2. The molecule has 0 spiro atoms.